The molecule has 122 valence electrons. The van der Waals surface area contributed by atoms with Gasteiger partial charge in [-0.2, -0.15) is 0 Å². The van der Waals surface area contributed by atoms with E-state index in [0.29, 0.717) is 0 Å². The average molecular weight is 302 g/mol. The van der Waals surface area contributed by atoms with E-state index in [9.17, 15) is 5.11 Å². The Morgan fingerprint density at radius 3 is 1.57 bits per heavy atom. The van der Waals surface area contributed by atoms with Crippen LogP contribution < -0.4 is 0 Å². The zero-order chi connectivity index (χ0) is 15.6. The van der Waals surface area contributed by atoms with E-state index >= 15 is 0 Å². The highest BCUT2D eigenvalue weighted by molar-refractivity contribution is 5.08. The van der Waals surface area contributed by atoms with Crippen LogP contribution in [0.2, 0.25) is 0 Å². The van der Waals surface area contributed by atoms with E-state index in [1.165, 1.54) is 0 Å². The summed E-state index contributed by atoms with van der Waals surface area (Å²) in [6.45, 7) is 11.3. The number of ether oxygens (including phenoxy) is 5. The predicted molar refractivity (Wildman–Crippen MR) is 73.7 cm³/mol. The monoisotopic (exact) mass is 302 g/mol. The Bertz CT molecular complexity index is 375. The first kappa shape index (κ1) is 15.6. The lowest BCUT2D eigenvalue weighted by Gasteiger charge is -2.41. The largest absolute Gasteiger partial charge is 0.387 e. The van der Waals surface area contributed by atoms with Gasteiger partial charge in [-0.15, -0.1) is 0 Å². The molecule has 2 unspecified atom stereocenters. The van der Waals surface area contributed by atoms with Gasteiger partial charge in [-0.1, -0.05) is 0 Å². The summed E-state index contributed by atoms with van der Waals surface area (Å²) in [6.07, 6.45) is -2.77. The number of aliphatic hydroxyl groups is 1. The van der Waals surface area contributed by atoms with Crippen molar-refractivity contribution in [2.45, 2.75) is 95.8 Å². The number of aliphatic hydroxyl groups excluding tert-OH is 1. The lowest BCUT2D eigenvalue weighted by Crippen LogP contribution is -2.62. The Balaban J connectivity index is 1.91. The van der Waals surface area contributed by atoms with Gasteiger partial charge in [0.05, 0.1) is 6.10 Å². The second-order valence-corrected chi connectivity index (χ2v) is 7.27. The van der Waals surface area contributed by atoms with Crippen molar-refractivity contribution >= 4 is 0 Å². The zero-order valence-electron chi connectivity index (χ0n) is 13.5. The maximum absolute atomic E-state index is 10.6. The standard InChI is InChI=1S/C15H26O6/c1-7(2)17-11-12-9(18-14(3,4)20-12)8(16)10-13(11)21-15(5,6)19-10/h7-13,16H,1-6H3/t8?,9-,10-,11?,12-,13+/m0/s1. The minimum Gasteiger partial charge on any atom is -0.387 e. The van der Waals surface area contributed by atoms with Gasteiger partial charge in [-0.05, 0) is 41.5 Å². The highest BCUT2D eigenvalue weighted by Gasteiger charge is 2.63. The minimum absolute atomic E-state index is 0.0196. The third kappa shape index (κ3) is 2.73. The van der Waals surface area contributed by atoms with Crippen LogP contribution in [0.5, 0.6) is 0 Å². The molecule has 6 atom stereocenters. The molecule has 0 amide bonds. The molecular formula is C15H26O6. The number of hydrogen-bond acceptors (Lipinski definition) is 6. The van der Waals surface area contributed by atoms with Gasteiger partial charge >= 0.3 is 0 Å². The van der Waals surface area contributed by atoms with E-state index in [4.69, 9.17) is 23.7 Å². The fourth-order valence-corrected chi connectivity index (χ4v) is 3.51. The molecule has 0 bridgehead atoms. The smallest absolute Gasteiger partial charge is 0.164 e. The van der Waals surface area contributed by atoms with E-state index in [-0.39, 0.29) is 24.4 Å². The molecular weight excluding hydrogens is 276 g/mol. The molecule has 2 heterocycles. The Hall–Kier alpha value is -0.240. The summed E-state index contributed by atoms with van der Waals surface area (Å²) in [5.74, 6) is -1.49. The van der Waals surface area contributed by atoms with Crippen LogP contribution in [0.4, 0.5) is 0 Å². The predicted octanol–water partition coefficient (Wildman–Crippen LogP) is 1.19. The van der Waals surface area contributed by atoms with Gasteiger partial charge in [0.25, 0.3) is 0 Å². The second kappa shape index (κ2) is 4.88. The van der Waals surface area contributed by atoms with E-state index in [1.807, 2.05) is 41.5 Å². The highest BCUT2D eigenvalue weighted by Crippen LogP contribution is 2.45. The van der Waals surface area contributed by atoms with Crippen LogP contribution in [0, 0.1) is 0 Å². The first-order valence-corrected chi connectivity index (χ1v) is 7.64. The number of rotatable bonds is 2. The van der Waals surface area contributed by atoms with Crippen molar-refractivity contribution in [1.82, 2.24) is 0 Å². The van der Waals surface area contributed by atoms with Crippen molar-refractivity contribution in [1.29, 1.82) is 0 Å². The van der Waals surface area contributed by atoms with Crippen LogP contribution in [0.3, 0.4) is 0 Å². The Kier molecular flexibility index (Phi) is 3.63. The van der Waals surface area contributed by atoms with Gasteiger partial charge in [-0.25, -0.2) is 0 Å². The maximum atomic E-state index is 10.6. The van der Waals surface area contributed by atoms with Crippen molar-refractivity contribution < 1.29 is 28.8 Å². The fraction of sp³-hybridized carbons (Fsp3) is 1.00. The van der Waals surface area contributed by atoms with Gasteiger partial charge in [0, 0.05) is 0 Å². The van der Waals surface area contributed by atoms with Gasteiger partial charge in [0.15, 0.2) is 11.6 Å². The van der Waals surface area contributed by atoms with Gasteiger partial charge in [0.1, 0.15) is 36.6 Å². The lowest BCUT2D eigenvalue weighted by molar-refractivity contribution is -0.195. The molecule has 0 spiro atoms. The topological polar surface area (TPSA) is 66.4 Å². The van der Waals surface area contributed by atoms with Crippen LogP contribution in [-0.2, 0) is 23.7 Å². The molecule has 0 aromatic carbocycles. The molecule has 0 radical (unpaired) electrons. The van der Waals surface area contributed by atoms with E-state index in [0.717, 1.165) is 0 Å². The Morgan fingerprint density at radius 1 is 0.810 bits per heavy atom. The van der Waals surface area contributed by atoms with Crippen molar-refractivity contribution in [3.63, 3.8) is 0 Å². The summed E-state index contributed by atoms with van der Waals surface area (Å²) in [7, 11) is 0. The summed E-state index contributed by atoms with van der Waals surface area (Å²) >= 11 is 0. The first-order valence-electron chi connectivity index (χ1n) is 7.64. The molecule has 2 aliphatic heterocycles. The van der Waals surface area contributed by atoms with Crippen molar-refractivity contribution in [2.24, 2.45) is 0 Å². The summed E-state index contributed by atoms with van der Waals surface area (Å²) in [6, 6.07) is 0. The third-order valence-corrected chi connectivity index (χ3v) is 4.08. The summed E-state index contributed by atoms with van der Waals surface area (Å²) in [5, 5.41) is 10.6. The summed E-state index contributed by atoms with van der Waals surface area (Å²) in [5.41, 5.74) is 0. The highest BCUT2D eigenvalue weighted by atomic mass is 16.8. The molecule has 1 aliphatic carbocycles. The first-order chi connectivity index (χ1) is 9.60. The van der Waals surface area contributed by atoms with Crippen LogP contribution in [0.25, 0.3) is 0 Å². The van der Waals surface area contributed by atoms with Crippen molar-refractivity contribution in [3.05, 3.63) is 0 Å². The molecule has 1 saturated carbocycles. The van der Waals surface area contributed by atoms with E-state index in [2.05, 4.69) is 0 Å². The lowest BCUT2D eigenvalue weighted by atomic mass is 9.85. The second-order valence-electron chi connectivity index (χ2n) is 7.27. The van der Waals surface area contributed by atoms with Crippen molar-refractivity contribution in [2.75, 3.05) is 0 Å². The minimum atomic E-state index is -0.796. The van der Waals surface area contributed by atoms with Crippen LogP contribution >= 0.6 is 0 Å². The Labute approximate surface area is 125 Å². The maximum Gasteiger partial charge on any atom is 0.164 e. The fourth-order valence-electron chi connectivity index (χ4n) is 3.51. The number of fused-ring (bicyclic) bond motifs is 2. The van der Waals surface area contributed by atoms with Crippen LogP contribution in [0.15, 0.2) is 0 Å². The molecule has 3 rings (SSSR count). The third-order valence-electron chi connectivity index (χ3n) is 4.08. The molecule has 6 heteroatoms. The molecule has 0 aromatic heterocycles. The van der Waals surface area contributed by atoms with Gasteiger partial charge in [0.2, 0.25) is 0 Å². The molecule has 6 nitrogen and oxygen atoms in total. The molecule has 21 heavy (non-hydrogen) atoms. The van der Waals surface area contributed by atoms with Crippen LogP contribution in [0.1, 0.15) is 41.5 Å². The quantitative estimate of drug-likeness (QED) is 0.826. The zero-order valence-corrected chi connectivity index (χ0v) is 13.5. The van der Waals surface area contributed by atoms with E-state index < -0.39 is 29.9 Å². The normalized spacial score (nSPS) is 47.4. The SMILES string of the molecule is CC(C)OC1[C@H]2OC(C)(C)O[C@H]2C(O)[C@@H]2OC(C)(C)O[C@@H]12. The summed E-state index contributed by atoms with van der Waals surface area (Å²) in [4.78, 5) is 0. The van der Waals surface area contributed by atoms with Gasteiger partial charge < -0.3 is 28.8 Å². The molecule has 3 aliphatic rings. The summed E-state index contributed by atoms with van der Waals surface area (Å²) < 4.78 is 29.7. The number of hydrogen-bond donors (Lipinski definition) is 1. The van der Waals surface area contributed by atoms with Crippen LogP contribution in [-0.4, -0.2) is 59.4 Å². The molecule has 0 aromatic rings. The molecule has 2 saturated heterocycles. The average Bonchev–Trinajstić information content (AvgIpc) is 2.81. The molecule has 3 fully saturated rings. The van der Waals surface area contributed by atoms with Gasteiger partial charge in [-0.3, -0.25) is 0 Å². The van der Waals surface area contributed by atoms with E-state index in [1.54, 1.807) is 0 Å². The Morgan fingerprint density at radius 2 is 1.19 bits per heavy atom. The van der Waals surface area contributed by atoms with Crippen molar-refractivity contribution in [3.8, 4) is 0 Å². The molecule has 1 N–H and O–H groups in total.